The summed E-state index contributed by atoms with van der Waals surface area (Å²) in [5.41, 5.74) is 6.76. The smallest absolute Gasteiger partial charge is 0.323 e. The first kappa shape index (κ1) is 17.8. The molecule has 0 saturated carbocycles. The lowest BCUT2D eigenvalue weighted by molar-refractivity contribution is 0.166. The van der Waals surface area contributed by atoms with Crippen molar-refractivity contribution >= 4 is 6.03 Å². The Morgan fingerprint density at radius 3 is 3.00 bits per heavy atom. The molecule has 1 atom stereocenters. The Morgan fingerprint density at radius 2 is 2.38 bits per heavy atom. The molecule has 0 aliphatic carbocycles. The third-order valence-corrected chi connectivity index (χ3v) is 4.11. The zero-order valence-corrected chi connectivity index (χ0v) is 13.8. The summed E-state index contributed by atoms with van der Waals surface area (Å²) in [6, 6.07) is 5.59. The highest BCUT2D eigenvalue weighted by Gasteiger charge is 2.25. The van der Waals surface area contributed by atoms with Crippen LogP contribution in [-0.4, -0.2) is 42.0 Å². The highest BCUT2D eigenvalue weighted by atomic mass is 19.1. The van der Waals surface area contributed by atoms with Crippen LogP contribution in [0.2, 0.25) is 0 Å². The molecule has 2 rings (SSSR count). The number of nitriles is 1. The molecule has 2 amide bonds. The van der Waals surface area contributed by atoms with E-state index in [2.05, 4.69) is 11.9 Å². The standard InChI is InChI=1S/C17H22FN5O/c1-12(22-7-3-4-16(20)11-22)23(17(24)21-2)10-14-8-15(18)6-5-13(14)9-19/h5-6,8,16H,1,3-4,7,10-11,20H2,2H3,(H,21,24)/t16-/m1/s1. The number of benzene rings is 1. The Morgan fingerprint density at radius 1 is 1.62 bits per heavy atom. The van der Waals surface area contributed by atoms with Crippen LogP contribution in [0.15, 0.2) is 30.6 Å². The summed E-state index contributed by atoms with van der Waals surface area (Å²) in [5.74, 6) is 0.0455. The van der Waals surface area contributed by atoms with Gasteiger partial charge in [0.1, 0.15) is 11.6 Å². The van der Waals surface area contributed by atoms with Crippen LogP contribution in [0.3, 0.4) is 0 Å². The van der Waals surface area contributed by atoms with Crippen LogP contribution < -0.4 is 11.1 Å². The Bertz CT molecular complexity index is 669. The zero-order chi connectivity index (χ0) is 17.7. The topological polar surface area (TPSA) is 85.4 Å². The van der Waals surface area contributed by atoms with E-state index in [0.29, 0.717) is 23.5 Å². The third kappa shape index (κ3) is 4.03. The van der Waals surface area contributed by atoms with Gasteiger partial charge in [-0.15, -0.1) is 0 Å². The second kappa shape index (κ2) is 7.79. The highest BCUT2D eigenvalue weighted by molar-refractivity contribution is 5.75. The third-order valence-electron chi connectivity index (χ3n) is 4.11. The minimum Gasteiger partial charge on any atom is -0.357 e. The van der Waals surface area contributed by atoms with Crippen molar-refractivity contribution in [3.8, 4) is 6.07 Å². The van der Waals surface area contributed by atoms with Crippen molar-refractivity contribution in [2.45, 2.75) is 25.4 Å². The first-order chi connectivity index (χ1) is 11.5. The number of nitrogens with one attached hydrogen (secondary N) is 1. The predicted molar refractivity (Wildman–Crippen MR) is 89.0 cm³/mol. The molecule has 1 aliphatic rings. The van der Waals surface area contributed by atoms with E-state index in [9.17, 15) is 14.4 Å². The molecule has 0 bridgehead atoms. The lowest BCUT2D eigenvalue weighted by atomic mass is 10.1. The van der Waals surface area contributed by atoms with E-state index in [1.807, 2.05) is 11.0 Å². The van der Waals surface area contributed by atoms with Crippen molar-refractivity contribution in [3.63, 3.8) is 0 Å². The Balaban J connectivity index is 2.26. The fourth-order valence-electron chi connectivity index (χ4n) is 2.80. The Hall–Kier alpha value is -2.59. The molecule has 0 radical (unpaired) electrons. The summed E-state index contributed by atoms with van der Waals surface area (Å²) in [6.45, 7) is 5.45. The molecule has 1 aromatic carbocycles. The monoisotopic (exact) mass is 331 g/mol. The average Bonchev–Trinajstić information content (AvgIpc) is 2.58. The van der Waals surface area contributed by atoms with Gasteiger partial charge in [0.2, 0.25) is 0 Å². The number of carbonyl (C=O) groups is 1. The van der Waals surface area contributed by atoms with E-state index >= 15 is 0 Å². The van der Waals surface area contributed by atoms with Crippen LogP contribution in [0.1, 0.15) is 24.0 Å². The van der Waals surface area contributed by atoms with Gasteiger partial charge in [0.25, 0.3) is 0 Å². The molecule has 128 valence electrons. The molecule has 0 aromatic heterocycles. The van der Waals surface area contributed by atoms with Gasteiger partial charge >= 0.3 is 6.03 Å². The quantitative estimate of drug-likeness (QED) is 0.880. The predicted octanol–water partition coefficient (Wildman–Crippen LogP) is 1.73. The van der Waals surface area contributed by atoms with Crippen LogP contribution in [0.5, 0.6) is 0 Å². The van der Waals surface area contributed by atoms with Crippen LogP contribution in [-0.2, 0) is 6.54 Å². The van der Waals surface area contributed by atoms with Crippen molar-refractivity contribution in [2.75, 3.05) is 20.1 Å². The molecule has 1 fully saturated rings. The molecule has 0 unspecified atom stereocenters. The van der Waals surface area contributed by atoms with Crippen molar-refractivity contribution < 1.29 is 9.18 Å². The molecule has 24 heavy (non-hydrogen) atoms. The summed E-state index contributed by atoms with van der Waals surface area (Å²) >= 11 is 0. The van der Waals surface area contributed by atoms with Gasteiger partial charge in [-0.25, -0.2) is 9.18 Å². The number of urea groups is 1. The first-order valence-electron chi connectivity index (χ1n) is 7.83. The normalized spacial score (nSPS) is 17.1. The second-order valence-corrected chi connectivity index (χ2v) is 5.82. The number of piperidine rings is 1. The van der Waals surface area contributed by atoms with Gasteiger partial charge in [0, 0.05) is 26.2 Å². The number of nitrogens with zero attached hydrogens (tertiary/aromatic N) is 3. The SMILES string of the molecule is C=C(N1CCC[C@@H](N)C1)N(Cc1cc(F)ccc1C#N)C(=O)NC. The zero-order valence-electron chi connectivity index (χ0n) is 13.8. The van der Waals surface area contributed by atoms with Crippen molar-refractivity contribution in [3.05, 3.63) is 47.5 Å². The van der Waals surface area contributed by atoms with E-state index in [1.54, 1.807) is 0 Å². The van der Waals surface area contributed by atoms with E-state index < -0.39 is 5.82 Å². The van der Waals surface area contributed by atoms with Crippen LogP contribution in [0.4, 0.5) is 9.18 Å². The molecule has 3 N–H and O–H groups in total. The van der Waals surface area contributed by atoms with Gasteiger partial charge in [0.05, 0.1) is 18.2 Å². The average molecular weight is 331 g/mol. The van der Waals surface area contributed by atoms with E-state index in [4.69, 9.17) is 5.73 Å². The van der Waals surface area contributed by atoms with Gasteiger partial charge in [-0.05, 0) is 36.6 Å². The summed E-state index contributed by atoms with van der Waals surface area (Å²) < 4.78 is 13.5. The number of amides is 2. The second-order valence-electron chi connectivity index (χ2n) is 5.82. The van der Waals surface area contributed by atoms with Crippen LogP contribution >= 0.6 is 0 Å². The summed E-state index contributed by atoms with van der Waals surface area (Å²) in [4.78, 5) is 15.6. The highest BCUT2D eigenvalue weighted by Crippen LogP contribution is 2.20. The molecule has 1 aromatic rings. The lowest BCUT2D eigenvalue weighted by Gasteiger charge is -2.38. The number of nitrogens with two attached hydrogens (primary N) is 1. The molecule has 1 saturated heterocycles. The number of rotatable bonds is 4. The number of carbonyl (C=O) groups excluding carboxylic acids is 1. The van der Waals surface area contributed by atoms with Gasteiger partial charge in [0.15, 0.2) is 0 Å². The maximum absolute atomic E-state index is 13.5. The maximum Gasteiger partial charge on any atom is 0.323 e. The molecular weight excluding hydrogens is 309 g/mol. The van der Waals surface area contributed by atoms with Crippen LogP contribution in [0, 0.1) is 17.1 Å². The largest absolute Gasteiger partial charge is 0.357 e. The molecule has 1 aliphatic heterocycles. The number of likely N-dealkylation sites (tertiary alicyclic amines) is 1. The molecule has 7 heteroatoms. The molecule has 6 nitrogen and oxygen atoms in total. The number of hydrogen-bond donors (Lipinski definition) is 2. The van der Waals surface area contributed by atoms with Gasteiger partial charge in [-0.1, -0.05) is 6.58 Å². The summed E-state index contributed by atoms with van der Waals surface area (Å²) in [5, 5.41) is 11.8. The minimum atomic E-state index is -0.452. The summed E-state index contributed by atoms with van der Waals surface area (Å²) in [7, 11) is 1.52. The van der Waals surface area contributed by atoms with Crippen molar-refractivity contribution in [2.24, 2.45) is 5.73 Å². The minimum absolute atomic E-state index is 0.0332. The molecule has 0 spiro atoms. The first-order valence-corrected chi connectivity index (χ1v) is 7.83. The van der Waals surface area contributed by atoms with Crippen molar-refractivity contribution in [1.29, 1.82) is 5.26 Å². The van der Waals surface area contributed by atoms with E-state index in [1.165, 1.54) is 30.1 Å². The molecule has 1 heterocycles. The summed E-state index contributed by atoms with van der Waals surface area (Å²) in [6.07, 6.45) is 1.86. The van der Waals surface area contributed by atoms with Gasteiger partial charge < -0.3 is 16.0 Å². The lowest BCUT2D eigenvalue weighted by Crippen LogP contribution is -2.48. The maximum atomic E-state index is 13.5. The van der Waals surface area contributed by atoms with E-state index in [-0.39, 0.29) is 18.6 Å². The number of halogens is 1. The molecular formula is C17H22FN5O. The van der Waals surface area contributed by atoms with Crippen molar-refractivity contribution in [1.82, 2.24) is 15.1 Å². The van der Waals surface area contributed by atoms with Gasteiger partial charge in [-0.3, -0.25) is 4.90 Å². The fraction of sp³-hybridized carbons (Fsp3) is 0.412. The Labute approximate surface area is 141 Å². The Kier molecular flexibility index (Phi) is 5.77. The van der Waals surface area contributed by atoms with E-state index in [0.717, 1.165) is 19.4 Å². The number of hydrogen-bond acceptors (Lipinski definition) is 4. The fourth-order valence-corrected chi connectivity index (χ4v) is 2.80. The van der Waals surface area contributed by atoms with Gasteiger partial charge in [-0.2, -0.15) is 5.26 Å². The van der Waals surface area contributed by atoms with Crippen LogP contribution in [0.25, 0.3) is 0 Å².